The van der Waals surface area contributed by atoms with Crippen LogP contribution >= 0.6 is 0 Å². The van der Waals surface area contributed by atoms with Crippen LogP contribution in [0.3, 0.4) is 0 Å². The van der Waals surface area contributed by atoms with E-state index < -0.39 is 0 Å². The van der Waals surface area contributed by atoms with Crippen LogP contribution in [0.5, 0.6) is 0 Å². The summed E-state index contributed by atoms with van der Waals surface area (Å²) in [6, 6.07) is 0.444. The first-order valence-corrected chi connectivity index (χ1v) is 11.6. The molecule has 2 heterocycles. The molecule has 10 atom stereocenters. The second-order valence-electron chi connectivity index (χ2n) is 11.3. The molecule has 2 aliphatic heterocycles. The predicted octanol–water partition coefficient (Wildman–Crippen LogP) is 3.84. The number of ether oxygens (including phenoxy) is 1. The van der Waals surface area contributed by atoms with E-state index in [4.69, 9.17) is 4.74 Å². The SMILES string of the molecule is C[C@]12C[C@H]3O[C@H]3CC1CCC1C2CC[C@@]2(C)C1C[C@@H](N1CCCC1)[C@@H]2O. The number of hydrogen-bond acceptors (Lipinski definition) is 3. The molecule has 0 amide bonds. The highest BCUT2D eigenvalue weighted by atomic mass is 16.6. The quantitative estimate of drug-likeness (QED) is 0.723. The molecular formula is C23H37NO2. The van der Waals surface area contributed by atoms with Gasteiger partial charge in [-0.1, -0.05) is 13.8 Å². The summed E-state index contributed by atoms with van der Waals surface area (Å²) in [5, 5.41) is 11.4. The Hall–Kier alpha value is -0.120. The summed E-state index contributed by atoms with van der Waals surface area (Å²) in [7, 11) is 0. The molecule has 3 heteroatoms. The molecule has 4 saturated carbocycles. The molecule has 4 aliphatic carbocycles. The molecule has 0 bridgehead atoms. The minimum absolute atomic E-state index is 0.0976. The Morgan fingerprint density at radius 3 is 2.54 bits per heavy atom. The van der Waals surface area contributed by atoms with Gasteiger partial charge in [0.1, 0.15) is 0 Å². The van der Waals surface area contributed by atoms with E-state index in [0.717, 1.165) is 23.7 Å². The van der Waals surface area contributed by atoms with E-state index in [9.17, 15) is 5.11 Å². The standard InChI is InChI=1S/C23H37NO2/c1-22-8-7-16-15(6-5-14-11-19-20(26-19)13-23(14,16)2)17(22)12-18(21(22)25)24-9-3-4-10-24/h14-21,25H,3-13H2,1-2H3/t14?,15?,16?,17?,18-,19+,20-,21+,22+,23+/m1/s1. The molecule has 4 unspecified atom stereocenters. The fraction of sp³-hybridized carbons (Fsp3) is 1.00. The van der Waals surface area contributed by atoms with Crippen molar-refractivity contribution >= 4 is 0 Å². The first-order valence-electron chi connectivity index (χ1n) is 11.6. The molecule has 2 saturated heterocycles. The third-order valence-corrected chi connectivity index (χ3v) is 10.5. The molecule has 0 radical (unpaired) electrons. The predicted molar refractivity (Wildman–Crippen MR) is 102 cm³/mol. The molecule has 0 spiro atoms. The van der Waals surface area contributed by atoms with Crippen molar-refractivity contribution in [2.24, 2.45) is 34.5 Å². The van der Waals surface area contributed by atoms with Crippen molar-refractivity contribution in [1.29, 1.82) is 0 Å². The van der Waals surface area contributed by atoms with Crippen LogP contribution in [0.2, 0.25) is 0 Å². The van der Waals surface area contributed by atoms with Gasteiger partial charge in [-0.25, -0.2) is 0 Å². The van der Waals surface area contributed by atoms with Gasteiger partial charge in [0.2, 0.25) is 0 Å². The maximum Gasteiger partial charge on any atom is 0.0847 e. The third kappa shape index (κ3) is 2.12. The molecule has 3 nitrogen and oxygen atoms in total. The van der Waals surface area contributed by atoms with E-state index in [0.29, 0.717) is 23.7 Å². The van der Waals surface area contributed by atoms with Crippen LogP contribution in [-0.2, 0) is 4.74 Å². The summed E-state index contributed by atoms with van der Waals surface area (Å²) in [6.45, 7) is 7.51. The topological polar surface area (TPSA) is 36.0 Å². The van der Waals surface area contributed by atoms with E-state index in [1.54, 1.807) is 0 Å². The van der Waals surface area contributed by atoms with Crippen LogP contribution in [0.4, 0.5) is 0 Å². The summed E-state index contributed by atoms with van der Waals surface area (Å²) in [5.41, 5.74) is 0.684. The lowest BCUT2D eigenvalue weighted by atomic mass is 9.45. The first-order chi connectivity index (χ1) is 12.5. The zero-order valence-corrected chi connectivity index (χ0v) is 16.7. The average Bonchev–Trinajstić information content (AvgIpc) is 3.02. The number of rotatable bonds is 1. The molecule has 0 aromatic rings. The molecule has 6 fully saturated rings. The number of hydrogen-bond donors (Lipinski definition) is 1. The Morgan fingerprint density at radius 2 is 1.73 bits per heavy atom. The maximum atomic E-state index is 11.4. The Labute approximate surface area is 158 Å². The summed E-state index contributed by atoms with van der Waals surface area (Å²) in [4.78, 5) is 2.64. The van der Waals surface area contributed by atoms with Crippen LogP contribution in [0.15, 0.2) is 0 Å². The third-order valence-electron chi connectivity index (χ3n) is 10.5. The van der Waals surface area contributed by atoms with Crippen LogP contribution in [-0.4, -0.2) is 47.4 Å². The van der Waals surface area contributed by atoms with Gasteiger partial charge < -0.3 is 9.84 Å². The van der Waals surface area contributed by atoms with Gasteiger partial charge in [0.25, 0.3) is 0 Å². The average molecular weight is 360 g/mol. The zero-order valence-electron chi connectivity index (χ0n) is 16.7. The lowest BCUT2D eigenvalue weighted by Crippen LogP contribution is -2.54. The lowest BCUT2D eigenvalue weighted by Gasteiger charge is -2.59. The van der Waals surface area contributed by atoms with E-state index in [1.165, 1.54) is 70.9 Å². The van der Waals surface area contributed by atoms with Gasteiger partial charge in [-0.15, -0.1) is 0 Å². The van der Waals surface area contributed by atoms with Crippen molar-refractivity contribution in [3.63, 3.8) is 0 Å². The molecule has 6 aliphatic rings. The summed E-state index contributed by atoms with van der Waals surface area (Å²) in [6.07, 6.45) is 13.1. The number of aliphatic hydroxyl groups is 1. The van der Waals surface area contributed by atoms with E-state index in [1.807, 2.05) is 0 Å². The smallest absolute Gasteiger partial charge is 0.0847 e. The second kappa shape index (κ2) is 5.48. The number of epoxide rings is 1. The van der Waals surface area contributed by atoms with Gasteiger partial charge in [-0.2, -0.15) is 0 Å². The van der Waals surface area contributed by atoms with Gasteiger partial charge >= 0.3 is 0 Å². The number of aliphatic hydroxyl groups excluding tert-OH is 1. The van der Waals surface area contributed by atoms with Crippen LogP contribution in [0.1, 0.15) is 71.6 Å². The lowest BCUT2D eigenvalue weighted by molar-refractivity contribution is -0.119. The van der Waals surface area contributed by atoms with Crippen molar-refractivity contribution in [3.8, 4) is 0 Å². The summed E-state index contributed by atoms with van der Waals surface area (Å²) < 4.78 is 5.98. The van der Waals surface area contributed by atoms with Crippen molar-refractivity contribution in [2.75, 3.05) is 13.1 Å². The minimum Gasteiger partial charge on any atom is -0.391 e. The van der Waals surface area contributed by atoms with Gasteiger partial charge in [0.05, 0.1) is 18.3 Å². The van der Waals surface area contributed by atoms with Crippen LogP contribution in [0, 0.1) is 34.5 Å². The number of likely N-dealkylation sites (tertiary alicyclic amines) is 1. The van der Waals surface area contributed by atoms with Crippen LogP contribution < -0.4 is 0 Å². The Morgan fingerprint density at radius 1 is 0.923 bits per heavy atom. The maximum absolute atomic E-state index is 11.4. The van der Waals surface area contributed by atoms with Gasteiger partial charge in [-0.05, 0) is 105 Å². The van der Waals surface area contributed by atoms with Crippen molar-refractivity contribution < 1.29 is 9.84 Å². The summed E-state index contributed by atoms with van der Waals surface area (Å²) >= 11 is 0. The Balaban J connectivity index is 1.29. The molecule has 0 aromatic heterocycles. The number of nitrogens with zero attached hydrogens (tertiary/aromatic N) is 1. The molecule has 1 N–H and O–H groups in total. The fourth-order valence-electron chi connectivity index (χ4n) is 8.93. The van der Waals surface area contributed by atoms with E-state index >= 15 is 0 Å². The van der Waals surface area contributed by atoms with Crippen molar-refractivity contribution in [2.45, 2.75) is 96.0 Å². The summed E-state index contributed by atoms with van der Waals surface area (Å²) in [5.74, 6) is 3.39. The minimum atomic E-state index is -0.0976. The highest BCUT2D eigenvalue weighted by Crippen LogP contribution is 2.68. The second-order valence-corrected chi connectivity index (χ2v) is 11.3. The van der Waals surface area contributed by atoms with Gasteiger partial charge in [0.15, 0.2) is 0 Å². The highest BCUT2D eigenvalue weighted by molar-refractivity contribution is 5.15. The molecule has 26 heavy (non-hydrogen) atoms. The van der Waals surface area contributed by atoms with Crippen LogP contribution in [0.25, 0.3) is 0 Å². The van der Waals surface area contributed by atoms with E-state index in [-0.39, 0.29) is 11.5 Å². The number of fused-ring (bicyclic) bond motifs is 6. The Bertz CT molecular complexity index is 589. The molecular weight excluding hydrogens is 322 g/mol. The monoisotopic (exact) mass is 359 g/mol. The fourth-order valence-corrected chi connectivity index (χ4v) is 8.93. The highest BCUT2D eigenvalue weighted by Gasteiger charge is 2.65. The van der Waals surface area contributed by atoms with Gasteiger partial charge in [-0.3, -0.25) is 4.90 Å². The van der Waals surface area contributed by atoms with Crippen molar-refractivity contribution in [3.05, 3.63) is 0 Å². The normalized spacial score (nSPS) is 61.5. The van der Waals surface area contributed by atoms with Crippen molar-refractivity contribution in [1.82, 2.24) is 4.90 Å². The zero-order chi connectivity index (χ0) is 17.7. The molecule has 0 aromatic carbocycles. The molecule has 146 valence electrons. The Kier molecular flexibility index (Phi) is 3.54. The molecule has 6 rings (SSSR count). The van der Waals surface area contributed by atoms with E-state index in [2.05, 4.69) is 18.7 Å². The van der Waals surface area contributed by atoms with Gasteiger partial charge in [0, 0.05) is 6.04 Å². The largest absolute Gasteiger partial charge is 0.391 e. The first kappa shape index (κ1) is 16.8.